The molecular formula is C15H19FN4O2. The number of rotatable bonds is 5. The summed E-state index contributed by atoms with van der Waals surface area (Å²) >= 11 is 0. The summed E-state index contributed by atoms with van der Waals surface area (Å²) in [5, 5.41) is 15.6. The van der Waals surface area contributed by atoms with Gasteiger partial charge in [-0.05, 0) is 37.6 Å². The summed E-state index contributed by atoms with van der Waals surface area (Å²) in [6, 6.07) is 4.04. The molecule has 0 aliphatic rings. The van der Waals surface area contributed by atoms with E-state index in [0.29, 0.717) is 17.9 Å². The van der Waals surface area contributed by atoms with Crippen LogP contribution in [0.4, 0.5) is 14.9 Å². The lowest BCUT2D eigenvalue weighted by Gasteiger charge is -2.20. The van der Waals surface area contributed by atoms with Crippen molar-refractivity contribution in [2.75, 3.05) is 25.0 Å². The standard InChI is InChI=1S/C15H19FN4O2/c1-3-19(6-7-21)15(22)18-12-4-5-14(13(16)8-12)20-10-11(2)9-17-20/h4-5,8-10,21H,3,6-7H2,1-2H3,(H,18,22). The lowest BCUT2D eigenvalue weighted by molar-refractivity contribution is 0.192. The molecule has 0 saturated carbocycles. The summed E-state index contributed by atoms with van der Waals surface area (Å²) in [5.41, 5.74) is 1.60. The average molecular weight is 306 g/mol. The van der Waals surface area contributed by atoms with Crippen LogP contribution in [0.5, 0.6) is 0 Å². The first-order valence-electron chi connectivity index (χ1n) is 7.03. The Hall–Kier alpha value is -2.41. The molecule has 0 fully saturated rings. The highest BCUT2D eigenvalue weighted by Gasteiger charge is 2.13. The van der Waals surface area contributed by atoms with Crippen molar-refractivity contribution in [1.29, 1.82) is 0 Å². The lowest BCUT2D eigenvalue weighted by Crippen LogP contribution is -2.36. The number of carbonyl (C=O) groups is 1. The first kappa shape index (κ1) is 16.0. The number of halogens is 1. The number of benzene rings is 1. The Morgan fingerprint density at radius 2 is 2.27 bits per heavy atom. The molecule has 2 amide bonds. The summed E-state index contributed by atoms with van der Waals surface area (Å²) < 4.78 is 15.6. The molecule has 1 aromatic carbocycles. The van der Waals surface area contributed by atoms with Gasteiger partial charge in [0.05, 0.1) is 12.8 Å². The van der Waals surface area contributed by atoms with Crippen LogP contribution in [0.2, 0.25) is 0 Å². The fourth-order valence-corrected chi connectivity index (χ4v) is 2.04. The number of carbonyl (C=O) groups excluding carboxylic acids is 1. The molecule has 0 atom stereocenters. The molecule has 0 bridgehead atoms. The fraction of sp³-hybridized carbons (Fsp3) is 0.333. The smallest absolute Gasteiger partial charge is 0.321 e. The number of amides is 2. The summed E-state index contributed by atoms with van der Waals surface area (Å²) in [4.78, 5) is 13.4. The van der Waals surface area contributed by atoms with E-state index in [1.165, 1.54) is 15.6 Å². The maximum Gasteiger partial charge on any atom is 0.321 e. The number of anilines is 1. The van der Waals surface area contributed by atoms with Crippen molar-refractivity contribution in [3.63, 3.8) is 0 Å². The van der Waals surface area contributed by atoms with E-state index >= 15 is 0 Å². The monoisotopic (exact) mass is 306 g/mol. The third kappa shape index (κ3) is 3.62. The van der Waals surface area contributed by atoms with Crippen LogP contribution in [0.3, 0.4) is 0 Å². The van der Waals surface area contributed by atoms with Crippen LogP contribution in [0, 0.1) is 12.7 Å². The quantitative estimate of drug-likeness (QED) is 0.889. The highest BCUT2D eigenvalue weighted by atomic mass is 19.1. The first-order valence-corrected chi connectivity index (χ1v) is 7.03. The van der Waals surface area contributed by atoms with Crippen LogP contribution in [0.15, 0.2) is 30.6 Å². The molecule has 0 unspecified atom stereocenters. The van der Waals surface area contributed by atoms with Gasteiger partial charge in [-0.15, -0.1) is 0 Å². The van der Waals surface area contributed by atoms with Crippen molar-refractivity contribution in [3.8, 4) is 5.69 Å². The summed E-state index contributed by atoms with van der Waals surface area (Å²) in [6.45, 7) is 4.25. The van der Waals surface area contributed by atoms with Gasteiger partial charge < -0.3 is 15.3 Å². The molecule has 22 heavy (non-hydrogen) atoms. The van der Waals surface area contributed by atoms with E-state index in [9.17, 15) is 9.18 Å². The Balaban J connectivity index is 2.14. The molecule has 0 radical (unpaired) electrons. The van der Waals surface area contributed by atoms with Crippen LogP contribution in [-0.2, 0) is 0 Å². The zero-order chi connectivity index (χ0) is 16.1. The molecule has 0 aliphatic carbocycles. The zero-order valence-electron chi connectivity index (χ0n) is 12.6. The van der Waals surface area contributed by atoms with Gasteiger partial charge in [-0.25, -0.2) is 13.9 Å². The van der Waals surface area contributed by atoms with Crippen LogP contribution >= 0.6 is 0 Å². The Kier molecular flexibility index (Phi) is 5.11. The van der Waals surface area contributed by atoms with Crippen molar-refractivity contribution in [2.24, 2.45) is 0 Å². The van der Waals surface area contributed by atoms with E-state index in [4.69, 9.17) is 5.11 Å². The molecular weight excluding hydrogens is 287 g/mol. The van der Waals surface area contributed by atoms with Crippen LogP contribution in [0.1, 0.15) is 12.5 Å². The largest absolute Gasteiger partial charge is 0.395 e. The van der Waals surface area contributed by atoms with Gasteiger partial charge in [-0.3, -0.25) is 0 Å². The predicted octanol–water partition coefficient (Wildman–Crippen LogP) is 2.17. The van der Waals surface area contributed by atoms with Gasteiger partial charge in [-0.2, -0.15) is 5.10 Å². The topological polar surface area (TPSA) is 70.4 Å². The van der Waals surface area contributed by atoms with E-state index in [2.05, 4.69) is 10.4 Å². The summed E-state index contributed by atoms with van der Waals surface area (Å²) in [7, 11) is 0. The maximum absolute atomic E-state index is 14.2. The molecule has 0 saturated heterocycles. The number of aliphatic hydroxyl groups excluding tert-OH is 1. The molecule has 1 aromatic heterocycles. The number of nitrogens with one attached hydrogen (secondary N) is 1. The van der Waals surface area contributed by atoms with Gasteiger partial charge in [-0.1, -0.05) is 0 Å². The van der Waals surface area contributed by atoms with Crippen LogP contribution < -0.4 is 5.32 Å². The molecule has 2 aromatic rings. The van der Waals surface area contributed by atoms with E-state index in [1.54, 1.807) is 31.5 Å². The highest BCUT2D eigenvalue weighted by molar-refractivity contribution is 5.89. The van der Waals surface area contributed by atoms with E-state index in [-0.39, 0.29) is 19.2 Å². The minimum absolute atomic E-state index is 0.118. The molecule has 118 valence electrons. The first-order chi connectivity index (χ1) is 10.5. The van der Waals surface area contributed by atoms with Gasteiger partial charge >= 0.3 is 6.03 Å². The molecule has 6 nitrogen and oxygen atoms in total. The normalized spacial score (nSPS) is 10.5. The predicted molar refractivity (Wildman–Crippen MR) is 81.6 cm³/mol. The second-order valence-corrected chi connectivity index (χ2v) is 4.86. The SMILES string of the molecule is CCN(CCO)C(=O)Nc1ccc(-n2cc(C)cn2)c(F)c1. The number of urea groups is 1. The van der Waals surface area contributed by atoms with Gasteiger partial charge in [0, 0.05) is 25.0 Å². The maximum atomic E-state index is 14.2. The third-order valence-electron chi connectivity index (χ3n) is 3.20. The Labute approximate surface area is 128 Å². The Morgan fingerprint density at radius 1 is 1.50 bits per heavy atom. The fourth-order valence-electron chi connectivity index (χ4n) is 2.04. The highest BCUT2D eigenvalue weighted by Crippen LogP contribution is 2.18. The van der Waals surface area contributed by atoms with Gasteiger partial charge in [0.2, 0.25) is 0 Å². The lowest BCUT2D eigenvalue weighted by atomic mass is 10.2. The van der Waals surface area contributed by atoms with E-state index in [1.807, 2.05) is 6.92 Å². The number of likely N-dealkylation sites (N-methyl/N-ethyl adjacent to an activating group) is 1. The second-order valence-electron chi connectivity index (χ2n) is 4.86. The Bertz CT molecular complexity index is 657. The number of aliphatic hydroxyl groups is 1. The number of hydrogen-bond donors (Lipinski definition) is 2. The molecule has 1 heterocycles. The molecule has 2 N–H and O–H groups in total. The summed E-state index contributed by atoms with van der Waals surface area (Å²) in [6.07, 6.45) is 3.36. The number of aryl methyl sites for hydroxylation is 1. The minimum atomic E-state index is -0.480. The number of hydrogen-bond acceptors (Lipinski definition) is 3. The van der Waals surface area contributed by atoms with E-state index in [0.717, 1.165) is 5.56 Å². The van der Waals surface area contributed by atoms with E-state index < -0.39 is 5.82 Å². The molecule has 2 rings (SSSR count). The number of nitrogens with zero attached hydrogens (tertiary/aromatic N) is 3. The van der Waals surface area contributed by atoms with Crippen molar-refractivity contribution in [2.45, 2.75) is 13.8 Å². The molecule has 0 spiro atoms. The van der Waals surface area contributed by atoms with Crippen molar-refractivity contribution in [1.82, 2.24) is 14.7 Å². The van der Waals surface area contributed by atoms with Crippen LogP contribution in [-0.4, -0.2) is 45.5 Å². The van der Waals surface area contributed by atoms with Crippen molar-refractivity contribution in [3.05, 3.63) is 42.0 Å². The van der Waals surface area contributed by atoms with Crippen molar-refractivity contribution < 1.29 is 14.3 Å². The third-order valence-corrected chi connectivity index (χ3v) is 3.20. The van der Waals surface area contributed by atoms with Gasteiger partial charge in [0.15, 0.2) is 5.82 Å². The Morgan fingerprint density at radius 3 is 2.82 bits per heavy atom. The number of aromatic nitrogens is 2. The van der Waals surface area contributed by atoms with Crippen LogP contribution in [0.25, 0.3) is 5.69 Å². The van der Waals surface area contributed by atoms with Gasteiger partial charge in [0.1, 0.15) is 5.69 Å². The zero-order valence-corrected chi connectivity index (χ0v) is 12.6. The molecule has 0 aliphatic heterocycles. The summed E-state index contributed by atoms with van der Waals surface area (Å²) in [5.74, 6) is -0.480. The average Bonchev–Trinajstić information content (AvgIpc) is 2.91. The minimum Gasteiger partial charge on any atom is -0.395 e. The van der Waals surface area contributed by atoms with Crippen molar-refractivity contribution >= 4 is 11.7 Å². The van der Waals surface area contributed by atoms with Gasteiger partial charge in [0.25, 0.3) is 0 Å². The molecule has 7 heteroatoms. The second kappa shape index (κ2) is 7.04.